The van der Waals surface area contributed by atoms with Crippen molar-refractivity contribution in [2.75, 3.05) is 5.32 Å². The second-order valence-corrected chi connectivity index (χ2v) is 3.18. The summed E-state index contributed by atoms with van der Waals surface area (Å²) in [5, 5.41) is 22.9. The highest BCUT2D eigenvalue weighted by molar-refractivity contribution is 6.29. The molecule has 0 aromatic carbocycles. The lowest BCUT2D eigenvalue weighted by molar-refractivity contribution is -0.115. The number of nitrogens with one attached hydrogen (secondary N) is 2. The zero-order chi connectivity index (χ0) is 11.4. The third-order valence-corrected chi connectivity index (χ3v) is 1.81. The van der Waals surface area contributed by atoms with Crippen molar-refractivity contribution in [3.8, 4) is 0 Å². The number of tetrazole rings is 1. The molecule has 2 aromatic heterocycles. The van der Waals surface area contributed by atoms with Gasteiger partial charge in [0.05, 0.1) is 6.42 Å². The number of hydrogen-bond donors (Lipinski definition) is 2. The molecule has 0 saturated heterocycles. The molecule has 16 heavy (non-hydrogen) atoms. The zero-order valence-corrected chi connectivity index (χ0v) is 8.64. The van der Waals surface area contributed by atoms with E-state index in [0.29, 0.717) is 11.6 Å². The second-order valence-electron chi connectivity index (χ2n) is 2.79. The van der Waals surface area contributed by atoms with Gasteiger partial charge >= 0.3 is 0 Å². The van der Waals surface area contributed by atoms with Crippen molar-refractivity contribution in [2.45, 2.75) is 6.42 Å². The molecular formula is C7H6ClN7O. The highest BCUT2D eigenvalue weighted by Crippen LogP contribution is 2.06. The van der Waals surface area contributed by atoms with Crippen LogP contribution in [0.1, 0.15) is 5.82 Å². The highest BCUT2D eigenvalue weighted by atomic mass is 35.5. The van der Waals surface area contributed by atoms with Gasteiger partial charge in [0.25, 0.3) is 0 Å². The van der Waals surface area contributed by atoms with E-state index in [1.165, 1.54) is 6.07 Å². The lowest BCUT2D eigenvalue weighted by Crippen LogP contribution is -2.16. The SMILES string of the molecule is O=C(Cc1nn[nH]n1)Nc1ccc(Cl)nn1. The van der Waals surface area contributed by atoms with Crippen LogP contribution in [0, 0.1) is 0 Å². The quantitative estimate of drug-likeness (QED) is 0.769. The van der Waals surface area contributed by atoms with Crippen molar-refractivity contribution in [3.05, 3.63) is 23.1 Å². The van der Waals surface area contributed by atoms with E-state index in [2.05, 4.69) is 36.1 Å². The number of hydrogen-bond acceptors (Lipinski definition) is 6. The summed E-state index contributed by atoms with van der Waals surface area (Å²) in [6.45, 7) is 0. The first-order valence-electron chi connectivity index (χ1n) is 4.25. The fraction of sp³-hybridized carbons (Fsp3) is 0.143. The van der Waals surface area contributed by atoms with Crippen molar-refractivity contribution >= 4 is 23.3 Å². The molecule has 0 atom stereocenters. The van der Waals surface area contributed by atoms with Gasteiger partial charge in [0.15, 0.2) is 16.8 Å². The first-order chi connectivity index (χ1) is 7.74. The summed E-state index contributed by atoms with van der Waals surface area (Å²) < 4.78 is 0. The maximum absolute atomic E-state index is 11.4. The molecule has 2 heterocycles. The van der Waals surface area contributed by atoms with Crippen molar-refractivity contribution < 1.29 is 4.79 Å². The summed E-state index contributed by atoms with van der Waals surface area (Å²) in [5.74, 6) is 0.315. The molecule has 2 aromatic rings. The molecule has 82 valence electrons. The van der Waals surface area contributed by atoms with Crippen LogP contribution in [0.3, 0.4) is 0 Å². The Labute approximate surface area is 94.4 Å². The zero-order valence-electron chi connectivity index (χ0n) is 7.88. The van der Waals surface area contributed by atoms with Gasteiger partial charge in [-0.1, -0.05) is 16.8 Å². The van der Waals surface area contributed by atoms with Crippen molar-refractivity contribution in [1.29, 1.82) is 0 Å². The molecule has 0 spiro atoms. The lowest BCUT2D eigenvalue weighted by Gasteiger charge is -2.00. The van der Waals surface area contributed by atoms with E-state index in [0.717, 1.165) is 0 Å². The molecule has 0 unspecified atom stereocenters. The Bertz CT molecular complexity index is 468. The molecule has 0 fully saturated rings. The Morgan fingerprint density at radius 3 is 2.88 bits per heavy atom. The minimum absolute atomic E-state index is 0.0147. The van der Waals surface area contributed by atoms with E-state index in [-0.39, 0.29) is 17.5 Å². The number of aromatic amines is 1. The summed E-state index contributed by atoms with van der Waals surface area (Å²) in [6.07, 6.45) is 0.0147. The van der Waals surface area contributed by atoms with Gasteiger partial charge in [-0.15, -0.1) is 20.4 Å². The number of anilines is 1. The normalized spacial score (nSPS) is 10.1. The van der Waals surface area contributed by atoms with Crippen LogP contribution in [0.15, 0.2) is 12.1 Å². The van der Waals surface area contributed by atoms with E-state index in [4.69, 9.17) is 11.6 Å². The molecule has 0 saturated carbocycles. The van der Waals surface area contributed by atoms with Crippen LogP contribution in [-0.2, 0) is 11.2 Å². The molecule has 8 nitrogen and oxygen atoms in total. The maximum atomic E-state index is 11.4. The minimum atomic E-state index is -0.307. The molecule has 0 aliphatic rings. The molecule has 0 radical (unpaired) electrons. The number of halogens is 1. The Morgan fingerprint density at radius 1 is 1.38 bits per heavy atom. The van der Waals surface area contributed by atoms with E-state index in [1.807, 2.05) is 0 Å². The third kappa shape index (κ3) is 2.70. The van der Waals surface area contributed by atoms with Crippen LogP contribution in [0.4, 0.5) is 5.82 Å². The van der Waals surface area contributed by atoms with E-state index in [1.54, 1.807) is 6.07 Å². The first-order valence-corrected chi connectivity index (χ1v) is 4.63. The van der Waals surface area contributed by atoms with Crippen LogP contribution in [0.2, 0.25) is 5.15 Å². The summed E-state index contributed by atoms with van der Waals surface area (Å²) in [4.78, 5) is 11.4. The minimum Gasteiger partial charge on any atom is -0.309 e. The smallest absolute Gasteiger partial charge is 0.233 e. The summed E-state index contributed by atoms with van der Waals surface area (Å²) in [6, 6.07) is 3.07. The highest BCUT2D eigenvalue weighted by Gasteiger charge is 2.08. The van der Waals surface area contributed by atoms with Crippen LogP contribution >= 0.6 is 11.6 Å². The topological polar surface area (TPSA) is 109 Å². The predicted octanol–water partition coefficient (Wildman–Crippen LogP) is -0.176. The summed E-state index contributed by atoms with van der Waals surface area (Å²) in [5.41, 5.74) is 0. The van der Waals surface area contributed by atoms with Crippen molar-refractivity contribution in [1.82, 2.24) is 30.8 Å². The van der Waals surface area contributed by atoms with Crippen LogP contribution in [-0.4, -0.2) is 36.7 Å². The molecule has 2 rings (SSSR count). The Hall–Kier alpha value is -2.09. The summed E-state index contributed by atoms with van der Waals surface area (Å²) in [7, 11) is 0. The molecule has 2 N–H and O–H groups in total. The first kappa shape index (κ1) is 10.4. The van der Waals surface area contributed by atoms with Crippen LogP contribution in [0.25, 0.3) is 0 Å². The fourth-order valence-corrected chi connectivity index (χ4v) is 1.07. The Balaban J connectivity index is 1.95. The number of H-pyrrole nitrogens is 1. The van der Waals surface area contributed by atoms with Gasteiger partial charge in [-0.2, -0.15) is 5.21 Å². The lowest BCUT2D eigenvalue weighted by atomic mass is 10.4. The molecule has 0 bridgehead atoms. The largest absolute Gasteiger partial charge is 0.309 e. The van der Waals surface area contributed by atoms with Crippen molar-refractivity contribution in [2.24, 2.45) is 0 Å². The van der Waals surface area contributed by atoms with Gasteiger partial charge in [-0.25, -0.2) is 0 Å². The molecule has 0 aliphatic carbocycles. The molecule has 0 aliphatic heterocycles. The van der Waals surface area contributed by atoms with Gasteiger partial charge < -0.3 is 5.32 Å². The summed E-state index contributed by atoms with van der Waals surface area (Å²) >= 11 is 5.54. The van der Waals surface area contributed by atoms with Crippen LogP contribution in [0.5, 0.6) is 0 Å². The van der Waals surface area contributed by atoms with Gasteiger partial charge in [0.2, 0.25) is 5.91 Å². The fourth-order valence-electron chi connectivity index (χ4n) is 0.971. The Morgan fingerprint density at radius 2 is 2.25 bits per heavy atom. The molecule has 9 heteroatoms. The number of amides is 1. The predicted molar refractivity (Wildman–Crippen MR) is 53.6 cm³/mol. The monoisotopic (exact) mass is 239 g/mol. The standard InChI is InChI=1S/C7H6ClN7O/c8-4-1-2-5(11-10-4)9-7(16)3-6-12-14-15-13-6/h1-2H,3H2,(H,9,11,16)(H,12,13,14,15). The maximum Gasteiger partial charge on any atom is 0.233 e. The number of carbonyl (C=O) groups excluding carboxylic acids is 1. The molecular weight excluding hydrogens is 234 g/mol. The van der Waals surface area contributed by atoms with Crippen LogP contribution < -0.4 is 5.32 Å². The van der Waals surface area contributed by atoms with E-state index >= 15 is 0 Å². The Kier molecular flexibility index (Phi) is 3.01. The van der Waals surface area contributed by atoms with Gasteiger partial charge in [-0.05, 0) is 12.1 Å². The second kappa shape index (κ2) is 4.62. The van der Waals surface area contributed by atoms with Crippen molar-refractivity contribution in [3.63, 3.8) is 0 Å². The number of aromatic nitrogens is 6. The van der Waals surface area contributed by atoms with E-state index in [9.17, 15) is 4.79 Å². The van der Waals surface area contributed by atoms with Gasteiger partial charge in [0.1, 0.15) is 0 Å². The average molecular weight is 240 g/mol. The third-order valence-electron chi connectivity index (χ3n) is 1.61. The number of carbonyl (C=O) groups is 1. The average Bonchev–Trinajstić information content (AvgIpc) is 2.74. The van der Waals surface area contributed by atoms with Gasteiger partial charge in [-0.3, -0.25) is 4.79 Å². The van der Waals surface area contributed by atoms with Gasteiger partial charge in [0, 0.05) is 0 Å². The van der Waals surface area contributed by atoms with E-state index < -0.39 is 0 Å². The number of nitrogens with zero attached hydrogens (tertiary/aromatic N) is 5. The number of rotatable bonds is 3. The molecule has 1 amide bonds.